The number of likely N-dealkylation sites (tertiary alicyclic amines) is 1. The van der Waals surface area contributed by atoms with Crippen molar-refractivity contribution in [2.45, 2.75) is 64.1 Å². The summed E-state index contributed by atoms with van der Waals surface area (Å²) in [4.78, 5) is 7.27. The quantitative estimate of drug-likeness (QED) is 0.897. The smallest absolute Gasteiger partial charge is 0.152 e. The van der Waals surface area contributed by atoms with E-state index in [9.17, 15) is 0 Å². The van der Waals surface area contributed by atoms with Crippen LogP contribution < -0.4 is 5.73 Å². The zero-order chi connectivity index (χ0) is 13.2. The lowest BCUT2D eigenvalue weighted by atomic mass is 9.99. The summed E-state index contributed by atoms with van der Waals surface area (Å²) in [5.74, 6) is 2.00. The molecular weight excluding hydrogens is 238 g/mol. The molecule has 0 spiro atoms. The minimum absolute atomic E-state index is 0.0867. The zero-order valence-corrected chi connectivity index (χ0v) is 11.9. The first-order valence-corrected chi connectivity index (χ1v) is 7.71. The summed E-state index contributed by atoms with van der Waals surface area (Å²) >= 11 is 0. The highest BCUT2D eigenvalue weighted by molar-refractivity contribution is 5.02. The van der Waals surface area contributed by atoms with E-state index in [2.05, 4.69) is 16.9 Å². The number of aromatic nitrogens is 3. The molecule has 2 unspecified atom stereocenters. The summed E-state index contributed by atoms with van der Waals surface area (Å²) in [5.41, 5.74) is 6.11. The van der Waals surface area contributed by atoms with E-state index in [-0.39, 0.29) is 6.04 Å². The fraction of sp³-hybridized carbons (Fsp3) is 0.857. The molecule has 1 aromatic heterocycles. The second-order valence-corrected chi connectivity index (χ2v) is 5.84. The Kier molecular flexibility index (Phi) is 3.84. The minimum atomic E-state index is 0.0867. The fourth-order valence-electron chi connectivity index (χ4n) is 3.44. The van der Waals surface area contributed by atoms with Crippen LogP contribution in [-0.4, -0.2) is 38.8 Å². The second kappa shape index (κ2) is 5.59. The summed E-state index contributed by atoms with van der Waals surface area (Å²) < 4.78 is 2.03. The molecule has 2 N–H and O–H groups in total. The Morgan fingerprint density at radius 3 is 2.89 bits per heavy atom. The molecule has 1 fully saturated rings. The van der Waals surface area contributed by atoms with E-state index in [1.807, 2.05) is 4.68 Å². The molecule has 2 atom stereocenters. The van der Waals surface area contributed by atoms with Crippen molar-refractivity contribution in [3.05, 3.63) is 11.6 Å². The van der Waals surface area contributed by atoms with E-state index in [1.54, 1.807) is 0 Å². The molecule has 1 aromatic rings. The molecule has 0 bridgehead atoms. The number of nitrogens with two attached hydrogens (primary N) is 1. The van der Waals surface area contributed by atoms with Crippen molar-refractivity contribution in [1.82, 2.24) is 19.7 Å². The molecule has 3 rings (SSSR count). The Labute approximate surface area is 115 Å². The van der Waals surface area contributed by atoms with Crippen LogP contribution >= 0.6 is 0 Å². The van der Waals surface area contributed by atoms with E-state index in [0.29, 0.717) is 6.04 Å². The van der Waals surface area contributed by atoms with E-state index >= 15 is 0 Å². The van der Waals surface area contributed by atoms with Crippen LogP contribution in [0.3, 0.4) is 0 Å². The molecule has 3 heterocycles. The van der Waals surface area contributed by atoms with Gasteiger partial charge in [-0.25, -0.2) is 9.67 Å². The molecule has 2 aliphatic rings. The second-order valence-electron chi connectivity index (χ2n) is 5.84. The van der Waals surface area contributed by atoms with Crippen LogP contribution in [0.2, 0.25) is 0 Å². The lowest BCUT2D eigenvalue weighted by Gasteiger charge is -2.34. The predicted molar refractivity (Wildman–Crippen MR) is 74.8 cm³/mol. The van der Waals surface area contributed by atoms with E-state index in [0.717, 1.165) is 44.0 Å². The van der Waals surface area contributed by atoms with Crippen molar-refractivity contribution in [1.29, 1.82) is 0 Å². The maximum atomic E-state index is 6.11. The molecule has 0 saturated carbocycles. The largest absolute Gasteiger partial charge is 0.321 e. The van der Waals surface area contributed by atoms with E-state index < -0.39 is 0 Å². The standard InChI is InChI=1S/C14H25N5/c1-2-18-8-4-3-6-11(18)10-13-16-14-12(15)7-5-9-19(14)17-13/h11-12H,2-10,15H2,1H3. The number of fused-ring (bicyclic) bond motifs is 1. The van der Waals surface area contributed by atoms with Crippen LogP contribution in [0.25, 0.3) is 0 Å². The first-order valence-electron chi connectivity index (χ1n) is 7.71. The molecular formula is C14H25N5. The van der Waals surface area contributed by atoms with Gasteiger partial charge in [0.05, 0.1) is 6.04 Å². The Morgan fingerprint density at radius 2 is 2.11 bits per heavy atom. The van der Waals surface area contributed by atoms with Crippen molar-refractivity contribution >= 4 is 0 Å². The molecule has 1 saturated heterocycles. The van der Waals surface area contributed by atoms with Gasteiger partial charge in [-0.1, -0.05) is 13.3 Å². The Balaban J connectivity index is 1.72. The van der Waals surface area contributed by atoms with Crippen molar-refractivity contribution in [3.8, 4) is 0 Å². The average Bonchev–Trinajstić information content (AvgIpc) is 2.83. The van der Waals surface area contributed by atoms with Gasteiger partial charge < -0.3 is 10.6 Å². The number of aryl methyl sites for hydroxylation is 1. The van der Waals surface area contributed by atoms with E-state index in [1.165, 1.54) is 25.8 Å². The first-order chi connectivity index (χ1) is 9.28. The maximum Gasteiger partial charge on any atom is 0.152 e. The van der Waals surface area contributed by atoms with Crippen LogP contribution in [0, 0.1) is 0 Å². The van der Waals surface area contributed by atoms with Crippen molar-refractivity contribution in [2.24, 2.45) is 5.73 Å². The molecule has 0 aromatic carbocycles. The molecule has 106 valence electrons. The van der Waals surface area contributed by atoms with Gasteiger partial charge in [-0.3, -0.25) is 0 Å². The lowest BCUT2D eigenvalue weighted by Crippen LogP contribution is -2.40. The van der Waals surface area contributed by atoms with Gasteiger partial charge in [-0.2, -0.15) is 5.10 Å². The van der Waals surface area contributed by atoms with Crippen LogP contribution in [0.15, 0.2) is 0 Å². The highest BCUT2D eigenvalue weighted by Crippen LogP contribution is 2.23. The Hall–Kier alpha value is -0.940. The van der Waals surface area contributed by atoms with Crippen molar-refractivity contribution in [3.63, 3.8) is 0 Å². The highest BCUT2D eigenvalue weighted by atomic mass is 15.4. The molecule has 0 aliphatic carbocycles. The van der Waals surface area contributed by atoms with Crippen LogP contribution in [0.4, 0.5) is 0 Å². The number of piperidine rings is 1. The van der Waals surface area contributed by atoms with Gasteiger partial charge in [0.25, 0.3) is 0 Å². The van der Waals surface area contributed by atoms with Crippen LogP contribution in [0.1, 0.15) is 56.7 Å². The highest BCUT2D eigenvalue weighted by Gasteiger charge is 2.25. The zero-order valence-electron chi connectivity index (χ0n) is 11.9. The topological polar surface area (TPSA) is 60.0 Å². The van der Waals surface area contributed by atoms with Gasteiger partial charge in [0, 0.05) is 19.0 Å². The fourth-order valence-corrected chi connectivity index (χ4v) is 3.44. The van der Waals surface area contributed by atoms with Gasteiger partial charge in [-0.15, -0.1) is 0 Å². The van der Waals surface area contributed by atoms with Crippen molar-refractivity contribution < 1.29 is 0 Å². The molecule has 19 heavy (non-hydrogen) atoms. The van der Waals surface area contributed by atoms with E-state index in [4.69, 9.17) is 10.7 Å². The first kappa shape index (κ1) is 13.1. The SMILES string of the molecule is CCN1CCCCC1Cc1nc2n(n1)CCCC2N. The molecule has 0 radical (unpaired) electrons. The summed E-state index contributed by atoms with van der Waals surface area (Å²) in [6.07, 6.45) is 7.12. The molecule has 0 amide bonds. The van der Waals surface area contributed by atoms with Gasteiger partial charge in [0.15, 0.2) is 5.82 Å². The number of rotatable bonds is 3. The summed E-state index contributed by atoms with van der Waals surface area (Å²) in [5, 5.41) is 4.66. The maximum absolute atomic E-state index is 6.11. The summed E-state index contributed by atoms with van der Waals surface area (Å²) in [7, 11) is 0. The summed E-state index contributed by atoms with van der Waals surface area (Å²) in [6, 6.07) is 0.711. The normalized spacial score (nSPS) is 28.3. The molecule has 5 nitrogen and oxygen atoms in total. The number of hydrogen-bond donors (Lipinski definition) is 1. The van der Waals surface area contributed by atoms with Gasteiger partial charge in [0.1, 0.15) is 5.82 Å². The third kappa shape index (κ3) is 2.67. The predicted octanol–water partition coefficient (Wildman–Crippen LogP) is 1.49. The minimum Gasteiger partial charge on any atom is -0.321 e. The summed E-state index contributed by atoms with van der Waals surface area (Å²) in [6.45, 7) is 5.60. The Bertz CT molecular complexity index is 427. The van der Waals surface area contributed by atoms with Gasteiger partial charge >= 0.3 is 0 Å². The van der Waals surface area contributed by atoms with Crippen LogP contribution in [0.5, 0.6) is 0 Å². The van der Waals surface area contributed by atoms with Gasteiger partial charge in [-0.05, 0) is 38.8 Å². The number of nitrogens with zero attached hydrogens (tertiary/aromatic N) is 4. The molecule has 2 aliphatic heterocycles. The van der Waals surface area contributed by atoms with Crippen molar-refractivity contribution in [2.75, 3.05) is 13.1 Å². The van der Waals surface area contributed by atoms with Gasteiger partial charge in [0.2, 0.25) is 0 Å². The monoisotopic (exact) mass is 263 g/mol. The lowest BCUT2D eigenvalue weighted by molar-refractivity contribution is 0.153. The average molecular weight is 263 g/mol. The van der Waals surface area contributed by atoms with Crippen LogP contribution in [-0.2, 0) is 13.0 Å². The number of likely N-dealkylation sites (N-methyl/N-ethyl adjacent to an activating group) is 1. The third-order valence-corrected chi connectivity index (χ3v) is 4.53. The molecule has 5 heteroatoms. The number of hydrogen-bond acceptors (Lipinski definition) is 4. The Morgan fingerprint density at radius 1 is 1.21 bits per heavy atom. The third-order valence-electron chi connectivity index (χ3n) is 4.53.